The largest absolute Gasteiger partial charge is 0.493 e. The number of anilines is 1. The SMILES string of the molecule is COc1cc(C)c(N[C@@H](C)C(=O)N2C[C@@H](C)C[C@H](C)C2)cc1OC. The van der Waals surface area contributed by atoms with Crippen molar-refractivity contribution in [3.8, 4) is 11.5 Å². The first-order chi connectivity index (χ1) is 11.3. The average molecular weight is 334 g/mol. The second kappa shape index (κ2) is 7.77. The van der Waals surface area contributed by atoms with E-state index in [9.17, 15) is 4.79 Å². The van der Waals surface area contributed by atoms with Crippen molar-refractivity contribution >= 4 is 11.6 Å². The van der Waals surface area contributed by atoms with Crippen molar-refractivity contribution in [3.63, 3.8) is 0 Å². The van der Waals surface area contributed by atoms with E-state index in [4.69, 9.17) is 9.47 Å². The van der Waals surface area contributed by atoms with Crippen LogP contribution in [0.2, 0.25) is 0 Å². The quantitative estimate of drug-likeness (QED) is 0.897. The maximum atomic E-state index is 12.8. The number of nitrogens with zero attached hydrogens (tertiary/aromatic N) is 1. The summed E-state index contributed by atoms with van der Waals surface area (Å²) in [7, 11) is 3.23. The third-order valence-electron chi connectivity index (χ3n) is 4.65. The molecular weight excluding hydrogens is 304 g/mol. The minimum atomic E-state index is -0.278. The Labute approximate surface area is 145 Å². The van der Waals surface area contributed by atoms with Gasteiger partial charge >= 0.3 is 0 Å². The summed E-state index contributed by atoms with van der Waals surface area (Å²) in [6.07, 6.45) is 1.19. The molecular formula is C19H30N2O3. The second-order valence-electron chi connectivity index (χ2n) is 7.08. The molecule has 1 heterocycles. The van der Waals surface area contributed by atoms with E-state index in [1.165, 1.54) is 6.42 Å². The van der Waals surface area contributed by atoms with E-state index in [0.717, 1.165) is 24.3 Å². The van der Waals surface area contributed by atoms with Crippen LogP contribution in [-0.2, 0) is 4.79 Å². The van der Waals surface area contributed by atoms with E-state index >= 15 is 0 Å². The lowest BCUT2D eigenvalue weighted by atomic mass is 9.91. The molecule has 2 rings (SSSR count). The lowest BCUT2D eigenvalue weighted by molar-refractivity contribution is -0.134. The van der Waals surface area contributed by atoms with Crippen LogP contribution in [0.1, 0.15) is 32.8 Å². The minimum Gasteiger partial charge on any atom is -0.493 e. The van der Waals surface area contributed by atoms with Gasteiger partial charge in [-0.2, -0.15) is 0 Å². The lowest BCUT2D eigenvalue weighted by Crippen LogP contribution is -2.48. The van der Waals surface area contributed by atoms with Crippen LogP contribution in [0.4, 0.5) is 5.69 Å². The summed E-state index contributed by atoms with van der Waals surface area (Å²) in [5.41, 5.74) is 1.92. The van der Waals surface area contributed by atoms with Gasteiger partial charge in [0, 0.05) is 24.8 Å². The molecule has 5 heteroatoms. The molecule has 0 bridgehead atoms. The Morgan fingerprint density at radius 2 is 1.71 bits per heavy atom. The van der Waals surface area contributed by atoms with E-state index in [1.54, 1.807) is 14.2 Å². The van der Waals surface area contributed by atoms with Crippen LogP contribution in [0.25, 0.3) is 0 Å². The second-order valence-corrected chi connectivity index (χ2v) is 7.08. The number of nitrogens with one attached hydrogen (secondary N) is 1. The summed E-state index contributed by atoms with van der Waals surface area (Å²) in [4.78, 5) is 14.8. The van der Waals surface area contributed by atoms with E-state index in [-0.39, 0.29) is 11.9 Å². The van der Waals surface area contributed by atoms with Crippen LogP contribution in [-0.4, -0.2) is 44.2 Å². The summed E-state index contributed by atoms with van der Waals surface area (Å²) >= 11 is 0. The van der Waals surface area contributed by atoms with Crippen LogP contribution in [0, 0.1) is 18.8 Å². The number of piperidine rings is 1. The number of rotatable bonds is 5. The molecule has 5 nitrogen and oxygen atoms in total. The molecule has 1 aliphatic rings. The molecule has 0 spiro atoms. The van der Waals surface area contributed by atoms with E-state index < -0.39 is 0 Å². The summed E-state index contributed by atoms with van der Waals surface area (Å²) in [5.74, 6) is 2.63. The summed E-state index contributed by atoms with van der Waals surface area (Å²) < 4.78 is 10.7. The Morgan fingerprint density at radius 1 is 1.17 bits per heavy atom. The first kappa shape index (κ1) is 18.4. The Hall–Kier alpha value is -1.91. The van der Waals surface area contributed by atoms with Crippen molar-refractivity contribution in [2.45, 2.75) is 40.2 Å². The van der Waals surface area contributed by atoms with Gasteiger partial charge in [0.05, 0.1) is 14.2 Å². The topological polar surface area (TPSA) is 50.8 Å². The molecule has 0 aromatic heterocycles. The van der Waals surface area contributed by atoms with Gasteiger partial charge in [0.2, 0.25) is 5.91 Å². The molecule has 1 amide bonds. The maximum absolute atomic E-state index is 12.8. The normalized spacial score (nSPS) is 22.0. The molecule has 1 saturated heterocycles. The van der Waals surface area contributed by atoms with Crippen molar-refractivity contribution in [1.82, 2.24) is 4.90 Å². The number of benzene rings is 1. The van der Waals surface area contributed by atoms with Crippen LogP contribution >= 0.6 is 0 Å². The number of carbonyl (C=O) groups is 1. The Morgan fingerprint density at radius 3 is 2.25 bits per heavy atom. The number of amides is 1. The molecule has 1 aromatic rings. The number of carbonyl (C=O) groups excluding carboxylic acids is 1. The fourth-order valence-electron chi connectivity index (χ4n) is 3.55. The zero-order valence-electron chi connectivity index (χ0n) is 15.7. The van der Waals surface area contributed by atoms with Gasteiger partial charge in [-0.1, -0.05) is 13.8 Å². The van der Waals surface area contributed by atoms with Gasteiger partial charge in [0.15, 0.2) is 11.5 Å². The van der Waals surface area contributed by atoms with Crippen LogP contribution in [0.3, 0.4) is 0 Å². The fourth-order valence-corrected chi connectivity index (χ4v) is 3.55. The highest BCUT2D eigenvalue weighted by Gasteiger charge is 2.28. The standard InChI is InChI=1S/C19H30N2O3/c1-12-7-13(2)11-21(10-12)19(22)15(4)20-16-9-18(24-6)17(23-5)8-14(16)3/h8-9,12-13,15,20H,7,10-11H2,1-6H3/t12-,13-,15-/m0/s1. The number of ether oxygens (including phenoxy) is 2. The third kappa shape index (κ3) is 4.13. The molecule has 0 saturated carbocycles. The van der Waals surface area contributed by atoms with Gasteiger partial charge in [-0.15, -0.1) is 0 Å². The monoisotopic (exact) mass is 334 g/mol. The molecule has 1 aromatic carbocycles. The third-order valence-corrected chi connectivity index (χ3v) is 4.65. The molecule has 134 valence electrons. The van der Waals surface area contributed by atoms with Crippen molar-refractivity contribution in [1.29, 1.82) is 0 Å². The fraction of sp³-hybridized carbons (Fsp3) is 0.632. The number of hydrogen-bond donors (Lipinski definition) is 1. The van der Waals surface area contributed by atoms with E-state index in [1.807, 2.05) is 30.9 Å². The Balaban J connectivity index is 2.11. The van der Waals surface area contributed by atoms with Crippen molar-refractivity contribution < 1.29 is 14.3 Å². The van der Waals surface area contributed by atoms with Crippen molar-refractivity contribution in [3.05, 3.63) is 17.7 Å². The lowest BCUT2D eigenvalue weighted by Gasteiger charge is -2.36. The van der Waals surface area contributed by atoms with E-state index in [0.29, 0.717) is 23.3 Å². The highest BCUT2D eigenvalue weighted by Crippen LogP contribution is 2.33. The summed E-state index contributed by atoms with van der Waals surface area (Å²) in [6.45, 7) is 10.0. The molecule has 0 unspecified atom stereocenters. The van der Waals surface area contributed by atoms with Gasteiger partial charge in [0.25, 0.3) is 0 Å². The molecule has 3 atom stereocenters. The van der Waals surface area contributed by atoms with Gasteiger partial charge in [-0.05, 0) is 43.7 Å². The first-order valence-electron chi connectivity index (χ1n) is 8.63. The number of likely N-dealkylation sites (tertiary alicyclic amines) is 1. The Kier molecular flexibility index (Phi) is 5.97. The highest BCUT2D eigenvalue weighted by molar-refractivity contribution is 5.85. The smallest absolute Gasteiger partial charge is 0.244 e. The van der Waals surface area contributed by atoms with Gasteiger partial charge in [-0.3, -0.25) is 4.79 Å². The number of methoxy groups -OCH3 is 2. The predicted molar refractivity (Wildman–Crippen MR) is 96.9 cm³/mol. The molecule has 24 heavy (non-hydrogen) atoms. The molecule has 1 aliphatic heterocycles. The molecule has 0 aliphatic carbocycles. The van der Waals surface area contributed by atoms with Crippen LogP contribution in [0.5, 0.6) is 11.5 Å². The number of hydrogen-bond acceptors (Lipinski definition) is 4. The van der Waals surface area contributed by atoms with Crippen molar-refractivity contribution in [2.24, 2.45) is 11.8 Å². The summed E-state index contributed by atoms with van der Waals surface area (Å²) in [6, 6.07) is 3.53. The Bertz CT molecular complexity index is 578. The number of aryl methyl sites for hydroxylation is 1. The van der Waals surface area contributed by atoms with Gasteiger partial charge < -0.3 is 19.7 Å². The highest BCUT2D eigenvalue weighted by atomic mass is 16.5. The maximum Gasteiger partial charge on any atom is 0.244 e. The first-order valence-corrected chi connectivity index (χ1v) is 8.63. The molecule has 0 radical (unpaired) electrons. The average Bonchev–Trinajstić information content (AvgIpc) is 2.54. The molecule has 1 N–H and O–H groups in total. The zero-order valence-corrected chi connectivity index (χ0v) is 15.7. The molecule has 1 fully saturated rings. The van der Waals surface area contributed by atoms with E-state index in [2.05, 4.69) is 19.2 Å². The predicted octanol–water partition coefficient (Wildman–Crippen LogP) is 3.32. The van der Waals surface area contributed by atoms with Crippen molar-refractivity contribution in [2.75, 3.05) is 32.6 Å². The summed E-state index contributed by atoms with van der Waals surface area (Å²) in [5, 5.41) is 3.34. The van der Waals surface area contributed by atoms with Crippen LogP contribution in [0.15, 0.2) is 12.1 Å². The van der Waals surface area contributed by atoms with Gasteiger partial charge in [-0.25, -0.2) is 0 Å². The van der Waals surface area contributed by atoms with Crippen LogP contribution < -0.4 is 14.8 Å². The minimum absolute atomic E-state index is 0.155. The van der Waals surface area contributed by atoms with Gasteiger partial charge in [0.1, 0.15) is 6.04 Å². The zero-order chi connectivity index (χ0) is 17.9.